The number of pyridine rings is 1. The molecule has 0 aliphatic carbocycles. The van der Waals surface area contributed by atoms with Crippen LogP contribution in [0.4, 0.5) is 5.82 Å². The molecule has 0 spiro atoms. The summed E-state index contributed by atoms with van der Waals surface area (Å²) in [6, 6.07) is 5.45. The fourth-order valence-electron chi connectivity index (χ4n) is 2.64. The average molecular weight is 313 g/mol. The second-order valence-corrected chi connectivity index (χ2v) is 5.47. The van der Waals surface area contributed by atoms with Crippen molar-refractivity contribution in [1.29, 1.82) is 0 Å². The number of morpholine rings is 1. The maximum atomic E-state index is 12.4. The van der Waals surface area contributed by atoms with Gasteiger partial charge in [-0.3, -0.25) is 4.79 Å². The van der Waals surface area contributed by atoms with E-state index in [0.29, 0.717) is 31.2 Å². The Bertz CT molecular complexity index is 665. The third-order valence-electron chi connectivity index (χ3n) is 3.83. The van der Waals surface area contributed by atoms with E-state index in [1.807, 2.05) is 12.1 Å². The Kier molecular flexibility index (Phi) is 4.77. The van der Waals surface area contributed by atoms with Gasteiger partial charge in [-0.2, -0.15) is 0 Å². The number of aromatic nitrogens is 3. The molecule has 2 aromatic heterocycles. The lowest BCUT2D eigenvalue weighted by Crippen LogP contribution is -2.46. The summed E-state index contributed by atoms with van der Waals surface area (Å²) in [7, 11) is 0. The van der Waals surface area contributed by atoms with E-state index >= 15 is 0 Å². The van der Waals surface area contributed by atoms with Gasteiger partial charge in [0.15, 0.2) is 0 Å². The molecular formula is C16H19N5O2. The Balaban J connectivity index is 1.57. The van der Waals surface area contributed by atoms with Crippen molar-refractivity contribution in [3.8, 4) is 0 Å². The van der Waals surface area contributed by atoms with E-state index in [0.717, 1.165) is 18.4 Å². The summed E-state index contributed by atoms with van der Waals surface area (Å²) >= 11 is 0. The first-order chi connectivity index (χ1) is 11.2. The Labute approximate surface area is 134 Å². The van der Waals surface area contributed by atoms with Crippen LogP contribution in [0.5, 0.6) is 0 Å². The van der Waals surface area contributed by atoms with Crippen molar-refractivity contribution in [2.24, 2.45) is 0 Å². The molecule has 2 aromatic rings. The highest BCUT2D eigenvalue weighted by molar-refractivity contribution is 5.92. The van der Waals surface area contributed by atoms with Crippen LogP contribution in [0.15, 0.2) is 36.9 Å². The molecule has 3 heterocycles. The van der Waals surface area contributed by atoms with E-state index < -0.39 is 0 Å². The van der Waals surface area contributed by atoms with Crippen molar-refractivity contribution in [2.75, 3.05) is 25.4 Å². The summed E-state index contributed by atoms with van der Waals surface area (Å²) in [6.45, 7) is 1.70. The summed E-state index contributed by atoms with van der Waals surface area (Å²) in [5.41, 5.74) is 7.23. The van der Waals surface area contributed by atoms with Gasteiger partial charge in [0, 0.05) is 25.5 Å². The monoisotopic (exact) mass is 313 g/mol. The van der Waals surface area contributed by atoms with Crippen LogP contribution in [0.3, 0.4) is 0 Å². The van der Waals surface area contributed by atoms with E-state index in [9.17, 15) is 4.79 Å². The SMILES string of the molecule is Nc1cc(CC[C@H]2CN(C(=O)c3ccncn3)CCO2)ccn1. The van der Waals surface area contributed by atoms with E-state index in [4.69, 9.17) is 10.5 Å². The van der Waals surface area contributed by atoms with E-state index in [2.05, 4.69) is 15.0 Å². The third-order valence-corrected chi connectivity index (χ3v) is 3.83. The van der Waals surface area contributed by atoms with Crippen LogP contribution in [0.2, 0.25) is 0 Å². The van der Waals surface area contributed by atoms with Gasteiger partial charge in [-0.15, -0.1) is 0 Å². The van der Waals surface area contributed by atoms with Gasteiger partial charge in [-0.25, -0.2) is 15.0 Å². The first kappa shape index (κ1) is 15.4. The summed E-state index contributed by atoms with van der Waals surface area (Å²) in [5.74, 6) is 0.446. The van der Waals surface area contributed by atoms with Gasteiger partial charge in [-0.05, 0) is 36.6 Å². The van der Waals surface area contributed by atoms with E-state index in [-0.39, 0.29) is 12.0 Å². The molecular weight excluding hydrogens is 294 g/mol. The molecule has 1 atom stereocenters. The smallest absolute Gasteiger partial charge is 0.272 e. The second kappa shape index (κ2) is 7.15. The standard InChI is InChI=1S/C16H19N5O2/c17-15-9-12(3-6-19-15)1-2-13-10-21(7-8-23-13)16(22)14-4-5-18-11-20-14/h3-6,9,11,13H,1-2,7-8,10H2,(H2,17,19)/t13-/m0/s1. The average Bonchev–Trinajstić information content (AvgIpc) is 2.60. The zero-order valence-electron chi connectivity index (χ0n) is 12.8. The maximum absolute atomic E-state index is 12.4. The number of nitrogens with two attached hydrogens (primary N) is 1. The second-order valence-electron chi connectivity index (χ2n) is 5.47. The van der Waals surface area contributed by atoms with Crippen LogP contribution in [0.25, 0.3) is 0 Å². The molecule has 1 fully saturated rings. The fraction of sp³-hybridized carbons (Fsp3) is 0.375. The van der Waals surface area contributed by atoms with Crippen molar-refractivity contribution >= 4 is 11.7 Å². The Morgan fingerprint density at radius 2 is 2.26 bits per heavy atom. The van der Waals surface area contributed by atoms with Crippen molar-refractivity contribution < 1.29 is 9.53 Å². The molecule has 0 aromatic carbocycles. The molecule has 0 unspecified atom stereocenters. The number of carbonyl (C=O) groups is 1. The minimum absolute atomic E-state index is 0.0175. The molecule has 120 valence electrons. The zero-order valence-corrected chi connectivity index (χ0v) is 12.8. The molecule has 2 N–H and O–H groups in total. The Hall–Kier alpha value is -2.54. The molecule has 1 amide bonds. The van der Waals surface area contributed by atoms with Crippen LogP contribution >= 0.6 is 0 Å². The predicted octanol–water partition coefficient (Wildman–Crippen LogP) is 0.928. The number of ether oxygens (including phenoxy) is 1. The first-order valence-electron chi connectivity index (χ1n) is 7.59. The number of rotatable bonds is 4. The number of anilines is 1. The maximum Gasteiger partial charge on any atom is 0.272 e. The topological polar surface area (TPSA) is 94.2 Å². The van der Waals surface area contributed by atoms with Gasteiger partial charge in [0.1, 0.15) is 17.8 Å². The number of nitrogens with zero attached hydrogens (tertiary/aromatic N) is 4. The molecule has 0 saturated carbocycles. The quantitative estimate of drug-likeness (QED) is 0.902. The zero-order chi connectivity index (χ0) is 16.1. The minimum Gasteiger partial charge on any atom is -0.384 e. The van der Waals surface area contributed by atoms with Gasteiger partial charge >= 0.3 is 0 Å². The lowest BCUT2D eigenvalue weighted by Gasteiger charge is -2.32. The molecule has 0 bridgehead atoms. The first-order valence-corrected chi connectivity index (χ1v) is 7.59. The highest BCUT2D eigenvalue weighted by Crippen LogP contribution is 2.15. The predicted molar refractivity (Wildman–Crippen MR) is 84.6 cm³/mol. The van der Waals surface area contributed by atoms with Crippen molar-refractivity contribution in [3.63, 3.8) is 0 Å². The minimum atomic E-state index is -0.0751. The van der Waals surface area contributed by atoms with Crippen molar-refractivity contribution in [2.45, 2.75) is 18.9 Å². The van der Waals surface area contributed by atoms with Gasteiger partial charge < -0.3 is 15.4 Å². The van der Waals surface area contributed by atoms with Gasteiger partial charge in [0.05, 0.1) is 12.7 Å². The van der Waals surface area contributed by atoms with Crippen LogP contribution in [0, 0.1) is 0 Å². The van der Waals surface area contributed by atoms with E-state index in [1.165, 1.54) is 6.33 Å². The Morgan fingerprint density at radius 3 is 3.04 bits per heavy atom. The number of aryl methyl sites for hydroxylation is 1. The van der Waals surface area contributed by atoms with Gasteiger partial charge in [0.2, 0.25) is 0 Å². The third kappa shape index (κ3) is 4.01. The van der Waals surface area contributed by atoms with E-state index in [1.54, 1.807) is 23.4 Å². The number of nitrogen functional groups attached to an aromatic ring is 1. The molecule has 1 aliphatic heterocycles. The van der Waals surface area contributed by atoms with Crippen LogP contribution < -0.4 is 5.73 Å². The molecule has 1 saturated heterocycles. The number of hydrogen-bond donors (Lipinski definition) is 1. The summed E-state index contributed by atoms with van der Waals surface area (Å²) in [5, 5.41) is 0. The molecule has 23 heavy (non-hydrogen) atoms. The van der Waals surface area contributed by atoms with Crippen LogP contribution in [-0.4, -0.2) is 51.6 Å². The molecule has 7 heteroatoms. The van der Waals surface area contributed by atoms with Crippen LogP contribution in [0.1, 0.15) is 22.5 Å². The molecule has 3 rings (SSSR count). The van der Waals surface area contributed by atoms with Gasteiger partial charge in [-0.1, -0.05) is 0 Å². The lowest BCUT2D eigenvalue weighted by atomic mass is 10.1. The highest BCUT2D eigenvalue weighted by Gasteiger charge is 2.25. The van der Waals surface area contributed by atoms with Gasteiger partial charge in [0.25, 0.3) is 5.91 Å². The largest absolute Gasteiger partial charge is 0.384 e. The number of hydrogen-bond acceptors (Lipinski definition) is 6. The van der Waals surface area contributed by atoms with Crippen LogP contribution in [-0.2, 0) is 11.2 Å². The number of amides is 1. The normalized spacial score (nSPS) is 17.9. The summed E-state index contributed by atoms with van der Waals surface area (Å²) in [4.78, 5) is 26.0. The lowest BCUT2D eigenvalue weighted by molar-refractivity contribution is -0.0247. The fourth-order valence-corrected chi connectivity index (χ4v) is 2.64. The summed E-state index contributed by atoms with van der Waals surface area (Å²) < 4.78 is 5.77. The van der Waals surface area contributed by atoms with Crippen molar-refractivity contribution in [1.82, 2.24) is 19.9 Å². The number of carbonyl (C=O) groups excluding carboxylic acids is 1. The van der Waals surface area contributed by atoms with Crippen molar-refractivity contribution in [3.05, 3.63) is 48.2 Å². The Morgan fingerprint density at radius 1 is 1.35 bits per heavy atom. The summed E-state index contributed by atoms with van der Waals surface area (Å²) in [6.07, 6.45) is 6.36. The highest BCUT2D eigenvalue weighted by atomic mass is 16.5. The molecule has 1 aliphatic rings. The molecule has 7 nitrogen and oxygen atoms in total. The molecule has 0 radical (unpaired) electrons.